The number of alkyl halides is 3. The highest BCUT2D eigenvalue weighted by atomic mass is 19.4. The molecule has 3 N–H and O–H groups in total. The van der Waals surface area contributed by atoms with Crippen LogP contribution in [0.15, 0.2) is 24.3 Å². The lowest BCUT2D eigenvalue weighted by Crippen LogP contribution is -2.45. The number of amides is 1. The molecule has 0 spiro atoms. The number of aliphatic hydroxyl groups is 1. The summed E-state index contributed by atoms with van der Waals surface area (Å²) in [7, 11) is 0. The molecule has 0 radical (unpaired) electrons. The molecule has 0 aliphatic heterocycles. The number of benzene rings is 1. The fourth-order valence-electron chi connectivity index (χ4n) is 1.72. The van der Waals surface area contributed by atoms with Gasteiger partial charge in [-0.05, 0) is 12.5 Å². The third-order valence-electron chi connectivity index (χ3n) is 2.75. The molecule has 0 aliphatic rings. The highest BCUT2D eigenvalue weighted by Gasteiger charge is 2.34. The number of carbonyl (C=O) groups is 1. The van der Waals surface area contributed by atoms with Gasteiger partial charge < -0.3 is 15.7 Å². The van der Waals surface area contributed by atoms with Crippen LogP contribution in [-0.2, 0) is 4.79 Å². The molecule has 1 aromatic carbocycles. The van der Waals surface area contributed by atoms with Crippen LogP contribution in [0.4, 0.5) is 13.2 Å². The van der Waals surface area contributed by atoms with Gasteiger partial charge in [0.05, 0.1) is 6.61 Å². The molecule has 7 heteroatoms. The van der Waals surface area contributed by atoms with Crippen LogP contribution in [0.2, 0.25) is 0 Å². The number of hydrogen-bond acceptors (Lipinski definition) is 3. The molecule has 0 fully saturated rings. The summed E-state index contributed by atoms with van der Waals surface area (Å²) < 4.78 is 37.2. The second-order valence-corrected chi connectivity index (χ2v) is 4.49. The van der Waals surface area contributed by atoms with E-state index >= 15 is 0 Å². The zero-order chi connectivity index (χ0) is 15.3. The summed E-state index contributed by atoms with van der Waals surface area (Å²) in [6.45, 7) is -0.537. The molecule has 0 heterocycles. The van der Waals surface area contributed by atoms with Crippen LogP contribution < -0.4 is 5.73 Å². The number of halogens is 3. The third-order valence-corrected chi connectivity index (χ3v) is 2.75. The van der Waals surface area contributed by atoms with Crippen molar-refractivity contribution in [1.29, 1.82) is 0 Å². The summed E-state index contributed by atoms with van der Waals surface area (Å²) in [6, 6.07) is 5.47. The second kappa shape index (κ2) is 6.71. The fourth-order valence-corrected chi connectivity index (χ4v) is 1.72. The SMILES string of the molecule is Cc1ccc(C(N)C(=O)N(CCO)CC(F)(F)F)cc1. The van der Waals surface area contributed by atoms with Gasteiger partial charge in [0.15, 0.2) is 0 Å². The maximum absolute atomic E-state index is 12.4. The largest absolute Gasteiger partial charge is 0.406 e. The Kier molecular flexibility index (Phi) is 5.52. The molecule has 4 nitrogen and oxygen atoms in total. The van der Waals surface area contributed by atoms with Gasteiger partial charge in [-0.1, -0.05) is 29.8 Å². The van der Waals surface area contributed by atoms with Crippen LogP contribution in [0, 0.1) is 6.92 Å². The predicted octanol–water partition coefficient (Wildman–Crippen LogP) is 1.38. The third kappa shape index (κ3) is 4.82. The van der Waals surface area contributed by atoms with E-state index in [0.29, 0.717) is 10.5 Å². The molecule has 0 aromatic heterocycles. The Hall–Kier alpha value is -1.60. The van der Waals surface area contributed by atoms with Crippen molar-refractivity contribution in [2.24, 2.45) is 5.73 Å². The van der Waals surface area contributed by atoms with Crippen molar-refractivity contribution in [3.63, 3.8) is 0 Å². The minimum Gasteiger partial charge on any atom is -0.395 e. The summed E-state index contributed by atoms with van der Waals surface area (Å²) >= 11 is 0. The fraction of sp³-hybridized carbons (Fsp3) is 0.462. The monoisotopic (exact) mass is 290 g/mol. The van der Waals surface area contributed by atoms with Crippen LogP contribution in [-0.4, -0.2) is 41.8 Å². The summed E-state index contributed by atoms with van der Waals surface area (Å²) in [5.74, 6) is -0.861. The van der Waals surface area contributed by atoms with E-state index in [4.69, 9.17) is 10.8 Å². The minimum absolute atomic E-state index is 0.405. The van der Waals surface area contributed by atoms with Gasteiger partial charge >= 0.3 is 6.18 Å². The van der Waals surface area contributed by atoms with E-state index in [1.165, 1.54) is 0 Å². The van der Waals surface area contributed by atoms with E-state index in [1.54, 1.807) is 24.3 Å². The van der Waals surface area contributed by atoms with E-state index < -0.39 is 37.8 Å². The summed E-state index contributed by atoms with van der Waals surface area (Å²) in [5, 5.41) is 8.77. The Labute approximate surface area is 115 Å². The maximum atomic E-state index is 12.4. The van der Waals surface area contributed by atoms with Crippen molar-refractivity contribution in [3.05, 3.63) is 35.4 Å². The highest BCUT2D eigenvalue weighted by Crippen LogP contribution is 2.20. The van der Waals surface area contributed by atoms with Gasteiger partial charge in [0.2, 0.25) is 5.91 Å². The molecule has 1 atom stereocenters. The first-order chi connectivity index (χ1) is 9.24. The molecule has 112 valence electrons. The Morgan fingerprint density at radius 1 is 1.35 bits per heavy atom. The average molecular weight is 290 g/mol. The molecule has 20 heavy (non-hydrogen) atoms. The van der Waals surface area contributed by atoms with Crippen molar-refractivity contribution < 1.29 is 23.1 Å². The highest BCUT2D eigenvalue weighted by molar-refractivity contribution is 5.83. The second-order valence-electron chi connectivity index (χ2n) is 4.49. The average Bonchev–Trinajstić information content (AvgIpc) is 2.36. The molecule has 0 saturated heterocycles. The van der Waals surface area contributed by atoms with Gasteiger partial charge in [-0.15, -0.1) is 0 Å². The van der Waals surface area contributed by atoms with Gasteiger partial charge in [-0.3, -0.25) is 4.79 Å². The lowest BCUT2D eigenvalue weighted by Gasteiger charge is -2.26. The van der Waals surface area contributed by atoms with Crippen molar-refractivity contribution >= 4 is 5.91 Å². The van der Waals surface area contributed by atoms with E-state index in [1.807, 2.05) is 6.92 Å². The Bertz CT molecular complexity index is 446. The van der Waals surface area contributed by atoms with Crippen molar-refractivity contribution in [2.75, 3.05) is 19.7 Å². The lowest BCUT2D eigenvalue weighted by molar-refractivity contribution is -0.162. The Morgan fingerprint density at radius 2 is 1.90 bits per heavy atom. The quantitative estimate of drug-likeness (QED) is 0.861. The van der Waals surface area contributed by atoms with Gasteiger partial charge in [0, 0.05) is 6.54 Å². The van der Waals surface area contributed by atoms with Crippen LogP contribution in [0.3, 0.4) is 0 Å². The van der Waals surface area contributed by atoms with Crippen LogP contribution in [0.25, 0.3) is 0 Å². The number of nitrogens with zero attached hydrogens (tertiary/aromatic N) is 1. The van der Waals surface area contributed by atoms with Gasteiger partial charge in [-0.25, -0.2) is 0 Å². The normalized spacial score (nSPS) is 13.1. The zero-order valence-corrected chi connectivity index (χ0v) is 11.0. The van der Waals surface area contributed by atoms with Crippen molar-refractivity contribution in [1.82, 2.24) is 4.90 Å². The van der Waals surface area contributed by atoms with Crippen LogP contribution in [0.5, 0.6) is 0 Å². The first kappa shape index (κ1) is 16.5. The number of nitrogens with two attached hydrogens (primary N) is 1. The molecule has 0 aliphatic carbocycles. The van der Waals surface area contributed by atoms with Crippen LogP contribution >= 0.6 is 0 Å². The van der Waals surface area contributed by atoms with E-state index in [0.717, 1.165) is 5.56 Å². The van der Waals surface area contributed by atoms with Crippen molar-refractivity contribution in [3.8, 4) is 0 Å². The standard InChI is InChI=1S/C13H17F3N2O2/c1-9-2-4-10(5-3-9)11(17)12(20)18(6-7-19)8-13(14,15)16/h2-5,11,19H,6-8,17H2,1H3. The van der Waals surface area contributed by atoms with Gasteiger partial charge in [0.25, 0.3) is 0 Å². The molecule has 1 aromatic rings. The molecular formula is C13H17F3N2O2. The van der Waals surface area contributed by atoms with E-state index in [-0.39, 0.29) is 0 Å². The molecule has 1 rings (SSSR count). The topological polar surface area (TPSA) is 66.6 Å². The van der Waals surface area contributed by atoms with E-state index in [9.17, 15) is 18.0 Å². The Morgan fingerprint density at radius 3 is 2.35 bits per heavy atom. The maximum Gasteiger partial charge on any atom is 0.406 e. The predicted molar refractivity (Wildman–Crippen MR) is 67.8 cm³/mol. The molecule has 1 unspecified atom stereocenters. The first-order valence-electron chi connectivity index (χ1n) is 6.03. The summed E-state index contributed by atoms with van der Waals surface area (Å²) in [6.07, 6.45) is -4.53. The molecule has 1 amide bonds. The number of aliphatic hydroxyl groups excluding tert-OH is 1. The van der Waals surface area contributed by atoms with E-state index in [2.05, 4.69) is 0 Å². The number of hydrogen-bond donors (Lipinski definition) is 2. The molecule has 0 saturated carbocycles. The van der Waals surface area contributed by atoms with Gasteiger partial charge in [0.1, 0.15) is 12.6 Å². The summed E-state index contributed by atoms with van der Waals surface area (Å²) in [5.41, 5.74) is 7.09. The number of rotatable bonds is 5. The zero-order valence-electron chi connectivity index (χ0n) is 11.0. The smallest absolute Gasteiger partial charge is 0.395 e. The molecule has 0 bridgehead atoms. The lowest BCUT2D eigenvalue weighted by atomic mass is 10.0. The van der Waals surface area contributed by atoms with Crippen molar-refractivity contribution in [2.45, 2.75) is 19.1 Å². The minimum atomic E-state index is -4.53. The number of aryl methyl sites for hydroxylation is 1. The first-order valence-corrected chi connectivity index (χ1v) is 6.03. The summed E-state index contributed by atoms with van der Waals surface area (Å²) in [4.78, 5) is 12.5. The number of carbonyl (C=O) groups excluding carboxylic acids is 1. The Balaban J connectivity index is 2.85. The van der Waals surface area contributed by atoms with Crippen LogP contribution in [0.1, 0.15) is 17.2 Å². The van der Waals surface area contributed by atoms with Gasteiger partial charge in [-0.2, -0.15) is 13.2 Å². The molecular weight excluding hydrogens is 273 g/mol.